The molecule has 0 aliphatic carbocycles. The van der Waals surface area contributed by atoms with Crippen molar-refractivity contribution in [2.45, 2.75) is 32.8 Å². The van der Waals surface area contributed by atoms with Crippen LogP contribution in [0.25, 0.3) is 21.5 Å². The van der Waals surface area contributed by atoms with E-state index in [-0.39, 0.29) is 5.97 Å². The minimum atomic E-state index is -0.615. The van der Waals surface area contributed by atoms with Crippen LogP contribution in [0.1, 0.15) is 27.2 Å². The van der Waals surface area contributed by atoms with Gasteiger partial charge in [-0.15, -0.1) is 0 Å². The summed E-state index contributed by atoms with van der Waals surface area (Å²) < 4.78 is 11.7. The lowest BCUT2D eigenvalue weighted by Crippen LogP contribution is -2.30. The van der Waals surface area contributed by atoms with Gasteiger partial charge in [0.05, 0.1) is 6.61 Å². The number of rotatable bonds is 6. The van der Waals surface area contributed by atoms with Crippen LogP contribution in [0.15, 0.2) is 66.7 Å². The van der Waals surface area contributed by atoms with Gasteiger partial charge in [0.15, 0.2) is 0 Å². The Labute approximate surface area is 154 Å². The summed E-state index contributed by atoms with van der Waals surface area (Å²) in [6.07, 6.45) is 0.587. The molecule has 0 atom stereocenters. The Morgan fingerprint density at radius 1 is 1.00 bits per heavy atom. The maximum absolute atomic E-state index is 11.8. The first-order valence-corrected chi connectivity index (χ1v) is 8.79. The average Bonchev–Trinajstić information content (AvgIpc) is 2.60. The first-order chi connectivity index (χ1) is 12.4. The van der Waals surface area contributed by atoms with E-state index in [1.807, 2.05) is 38.1 Å². The maximum atomic E-state index is 11.8. The monoisotopic (exact) mass is 348 g/mol. The molecule has 3 rings (SSSR count). The lowest BCUT2D eigenvalue weighted by molar-refractivity contribution is -0.152. The molecule has 0 amide bonds. The van der Waals surface area contributed by atoms with Gasteiger partial charge < -0.3 is 9.47 Å². The number of hydrogen-bond acceptors (Lipinski definition) is 3. The van der Waals surface area contributed by atoms with Crippen LogP contribution in [0.4, 0.5) is 0 Å². The molecule has 3 heteroatoms. The van der Waals surface area contributed by atoms with Gasteiger partial charge in [0.2, 0.25) is 0 Å². The zero-order chi connectivity index (χ0) is 18.7. The summed E-state index contributed by atoms with van der Waals surface area (Å²) >= 11 is 0. The number of hydrogen-bond donors (Lipinski definition) is 0. The molecule has 3 aromatic rings. The molecule has 0 saturated carbocycles. The Balaban J connectivity index is 1.84. The van der Waals surface area contributed by atoms with Crippen LogP contribution in [-0.4, -0.2) is 18.2 Å². The molecular weight excluding hydrogens is 324 g/mol. The quantitative estimate of drug-likeness (QED) is 0.327. The fourth-order valence-electron chi connectivity index (χ4n) is 2.92. The van der Waals surface area contributed by atoms with Crippen molar-refractivity contribution in [1.29, 1.82) is 0 Å². The predicted molar refractivity (Wildman–Crippen MR) is 107 cm³/mol. The Kier molecular flexibility index (Phi) is 4.99. The van der Waals surface area contributed by atoms with E-state index in [9.17, 15) is 4.79 Å². The van der Waals surface area contributed by atoms with Crippen molar-refractivity contribution < 1.29 is 14.3 Å². The molecule has 0 fully saturated rings. The van der Waals surface area contributed by atoms with Crippen molar-refractivity contribution in [3.05, 3.63) is 66.7 Å². The molecule has 0 radical (unpaired) electrons. The van der Waals surface area contributed by atoms with Crippen LogP contribution in [0.5, 0.6) is 5.75 Å². The van der Waals surface area contributed by atoms with E-state index in [0.717, 1.165) is 27.3 Å². The zero-order valence-electron chi connectivity index (χ0n) is 15.5. The van der Waals surface area contributed by atoms with Gasteiger partial charge in [-0.05, 0) is 37.6 Å². The average molecular weight is 348 g/mol. The smallest absolute Gasteiger partial charge is 0.333 e. The van der Waals surface area contributed by atoms with Crippen LogP contribution >= 0.6 is 0 Å². The Bertz CT molecular complexity index is 916. The van der Waals surface area contributed by atoms with E-state index in [1.54, 1.807) is 6.92 Å². The largest absolute Gasteiger partial charge is 0.492 e. The molecule has 3 aromatic carbocycles. The Morgan fingerprint density at radius 2 is 1.54 bits per heavy atom. The summed E-state index contributed by atoms with van der Waals surface area (Å²) in [5.74, 6) is 0.506. The zero-order valence-corrected chi connectivity index (χ0v) is 15.5. The minimum Gasteiger partial charge on any atom is -0.492 e. The molecule has 0 spiro atoms. The second-order valence-corrected chi connectivity index (χ2v) is 7.18. The number of ether oxygens (including phenoxy) is 2. The summed E-state index contributed by atoms with van der Waals surface area (Å²) in [5, 5.41) is 4.47. The minimum absolute atomic E-state index is 0.370. The number of fused-ring (bicyclic) bond motifs is 2. The highest BCUT2D eigenvalue weighted by molar-refractivity contribution is 6.05. The molecule has 0 heterocycles. The third-order valence-corrected chi connectivity index (χ3v) is 4.39. The topological polar surface area (TPSA) is 35.5 Å². The molecule has 26 heavy (non-hydrogen) atoms. The highest BCUT2D eigenvalue weighted by Crippen LogP contribution is 2.35. The summed E-state index contributed by atoms with van der Waals surface area (Å²) in [7, 11) is 0. The van der Waals surface area contributed by atoms with E-state index in [1.165, 1.54) is 0 Å². The number of esters is 1. The van der Waals surface area contributed by atoms with Crippen molar-refractivity contribution in [2.75, 3.05) is 6.61 Å². The molecule has 0 aromatic heterocycles. The first kappa shape index (κ1) is 18.0. The summed E-state index contributed by atoms with van der Waals surface area (Å²) in [4.78, 5) is 11.8. The number of benzene rings is 3. The van der Waals surface area contributed by atoms with E-state index in [0.29, 0.717) is 18.6 Å². The lowest BCUT2D eigenvalue weighted by Gasteiger charge is -2.25. The van der Waals surface area contributed by atoms with Crippen LogP contribution in [0.3, 0.4) is 0 Å². The lowest BCUT2D eigenvalue weighted by atomic mass is 10.0. The maximum Gasteiger partial charge on any atom is 0.333 e. The summed E-state index contributed by atoms with van der Waals surface area (Å²) in [6.45, 7) is 9.51. The fraction of sp³-hybridized carbons (Fsp3) is 0.261. The van der Waals surface area contributed by atoms with E-state index < -0.39 is 5.60 Å². The third-order valence-electron chi connectivity index (χ3n) is 4.39. The van der Waals surface area contributed by atoms with Crippen LogP contribution < -0.4 is 4.74 Å². The Morgan fingerprint density at radius 3 is 2.08 bits per heavy atom. The summed E-state index contributed by atoms with van der Waals surface area (Å²) in [5.41, 5.74) is -0.213. The van der Waals surface area contributed by atoms with Crippen molar-refractivity contribution in [3.8, 4) is 5.75 Å². The highest BCUT2D eigenvalue weighted by atomic mass is 16.6. The van der Waals surface area contributed by atoms with Gasteiger partial charge in [-0.1, -0.05) is 55.1 Å². The molecule has 0 N–H and O–H groups in total. The van der Waals surface area contributed by atoms with E-state index >= 15 is 0 Å². The standard InChI is InChI=1S/C23H24O3/c1-16(2)22(24)26-23(3,4)13-14-25-21-19-11-7-5-9-17(19)15-18-10-6-8-12-20(18)21/h5-12,15H,1,13-14H2,2-4H3. The first-order valence-electron chi connectivity index (χ1n) is 8.79. The van der Waals surface area contributed by atoms with Gasteiger partial charge >= 0.3 is 5.97 Å². The molecule has 0 bridgehead atoms. The van der Waals surface area contributed by atoms with Gasteiger partial charge in [-0.3, -0.25) is 0 Å². The van der Waals surface area contributed by atoms with Crippen molar-refractivity contribution in [3.63, 3.8) is 0 Å². The molecule has 0 aliphatic rings. The van der Waals surface area contributed by atoms with Gasteiger partial charge in [-0.25, -0.2) is 4.79 Å². The number of carbonyl (C=O) groups excluding carboxylic acids is 1. The number of carbonyl (C=O) groups is 1. The van der Waals surface area contributed by atoms with Crippen molar-refractivity contribution in [2.24, 2.45) is 0 Å². The van der Waals surface area contributed by atoms with Crippen LogP contribution in [0.2, 0.25) is 0 Å². The Hall–Kier alpha value is -2.81. The second kappa shape index (κ2) is 7.20. The van der Waals surface area contributed by atoms with Gasteiger partial charge in [-0.2, -0.15) is 0 Å². The van der Waals surface area contributed by atoms with Crippen molar-refractivity contribution >= 4 is 27.5 Å². The van der Waals surface area contributed by atoms with Crippen LogP contribution in [-0.2, 0) is 9.53 Å². The van der Waals surface area contributed by atoms with Gasteiger partial charge in [0.25, 0.3) is 0 Å². The molecule has 0 saturated heterocycles. The second-order valence-electron chi connectivity index (χ2n) is 7.18. The van der Waals surface area contributed by atoms with Gasteiger partial charge in [0.1, 0.15) is 11.4 Å². The SMILES string of the molecule is C=C(C)C(=O)OC(C)(C)CCOc1c2ccccc2cc2ccccc12. The fourth-order valence-corrected chi connectivity index (χ4v) is 2.92. The van der Waals surface area contributed by atoms with E-state index in [2.05, 4.69) is 36.9 Å². The van der Waals surface area contributed by atoms with Gasteiger partial charge in [0, 0.05) is 22.8 Å². The predicted octanol–water partition coefficient (Wildman–Crippen LogP) is 5.66. The molecule has 134 valence electrons. The third kappa shape index (κ3) is 3.88. The van der Waals surface area contributed by atoms with Crippen LogP contribution in [0, 0.1) is 0 Å². The van der Waals surface area contributed by atoms with Crippen molar-refractivity contribution in [1.82, 2.24) is 0 Å². The molecule has 0 unspecified atom stereocenters. The molecule has 3 nitrogen and oxygen atoms in total. The normalized spacial score (nSPS) is 11.5. The molecule has 0 aliphatic heterocycles. The molecular formula is C23H24O3. The van der Waals surface area contributed by atoms with E-state index in [4.69, 9.17) is 9.47 Å². The highest BCUT2D eigenvalue weighted by Gasteiger charge is 2.23. The summed E-state index contributed by atoms with van der Waals surface area (Å²) in [6, 6.07) is 18.6.